The first-order chi connectivity index (χ1) is 11.0. The van der Waals surface area contributed by atoms with Gasteiger partial charge in [-0.3, -0.25) is 0 Å². The van der Waals surface area contributed by atoms with E-state index in [9.17, 15) is 0 Å². The fourth-order valence-electron chi connectivity index (χ4n) is 2.64. The predicted molar refractivity (Wildman–Crippen MR) is 95.8 cm³/mol. The summed E-state index contributed by atoms with van der Waals surface area (Å²) in [5.74, 6) is 1.69. The van der Waals surface area contributed by atoms with Crippen LogP contribution < -0.4 is 5.32 Å². The molecule has 0 atom stereocenters. The van der Waals surface area contributed by atoms with Crippen LogP contribution in [-0.2, 0) is 0 Å². The van der Waals surface area contributed by atoms with Gasteiger partial charge < -0.3 is 5.32 Å². The normalized spacial score (nSPS) is 11.3. The van der Waals surface area contributed by atoms with Crippen molar-refractivity contribution in [1.82, 2.24) is 14.6 Å². The van der Waals surface area contributed by atoms with Gasteiger partial charge in [-0.05, 0) is 31.7 Å². The lowest BCUT2D eigenvalue weighted by atomic mass is 10.1. The summed E-state index contributed by atoms with van der Waals surface area (Å²) in [6.45, 7) is 9.53. The number of hydrogen-bond donors (Lipinski definition) is 1. The Morgan fingerprint density at radius 2 is 1.87 bits per heavy atom. The molecule has 3 aromatic rings. The molecule has 0 unspecified atom stereocenters. The van der Waals surface area contributed by atoms with Crippen LogP contribution in [0.5, 0.6) is 0 Å². The number of hydrogen-bond acceptors (Lipinski definition) is 3. The Morgan fingerprint density at radius 1 is 1.13 bits per heavy atom. The number of anilines is 1. The van der Waals surface area contributed by atoms with Crippen LogP contribution in [0.3, 0.4) is 0 Å². The topological polar surface area (TPSA) is 42.2 Å². The van der Waals surface area contributed by atoms with Crippen LogP contribution in [0.25, 0.3) is 16.8 Å². The number of aromatic nitrogens is 3. The third kappa shape index (κ3) is 3.36. The lowest BCUT2D eigenvalue weighted by Crippen LogP contribution is -2.09. The summed E-state index contributed by atoms with van der Waals surface area (Å²) < 4.78 is 1.91. The fraction of sp³-hybridized carbons (Fsp3) is 0.368. The summed E-state index contributed by atoms with van der Waals surface area (Å²) in [5, 5.41) is 8.04. The quantitative estimate of drug-likeness (QED) is 0.756. The van der Waals surface area contributed by atoms with Crippen LogP contribution in [-0.4, -0.2) is 21.1 Å². The maximum absolute atomic E-state index is 4.70. The third-order valence-corrected chi connectivity index (χ3v) is 3.99. The first kappa shape index (κ1) is 15.5. The molecule has 4 heteroatoms. The smallest absolute Gasteiger partial charge is 0.165 e. The lowest BCUT2D eigenvalue weighted by molar-refractivity contribution is 0.606. The average Bonchev–Trinajstić information content (AvgIpc) is 2.91. The zero-order valence-corrected chi connectivity index (χ0v) is 14.3. The van der Waals surface area contributed by atoms with Crippen molar-refractivity contribution in [3.8, 4) is 11.1 Å². The summed E-state index contributed by atoms with van der Waals surface area (Å²) >= 11 is 0. The Balaban J connectivity index is 1.99. The molecule has 0 saturated carbocycles. The third-order valence-electron chi connectivity index (χ3n) is 3.99. The Morgan fingerprint density at radius 3 is 2.57 bits per heavy atom. The monoisotopic (exact) mass is 308 g/mol. The van der Waals surface area contributed by atoms with E-state index in [1.807, 2.05) is 17.6 Å². The molecule has 0 aliphatic rings. The Labute approximate surface area is 137 Å². The number of aryl methyl sites for hydroxylation is 2. The zero-order valence-electron chi connectivity index (χ0n) is 14.3. The van der Waals surface area contributed by atoms with Gasteiger partial charge in [-0.25, -0.2) is 4.98 Å². The first-order valence-corrected chi connectivity index (χ1v) is 8.21. The molecule has 0 bridgehead atoms. The molecule has 2 aromatic heterocycles. The highest BCUT2D eigenvalue weighted by Gasteiger charge is 2.11. The Kier molecular flexibility index (Phi) is 4.33. The second kappa shape index (κ2) is 6.41. The van der Waals surface area contributed by atoms with Gasteiger partial charge in [-0.2, -0.15) is 9.61 Å². The molecular weight excluding hydrogens is 284 g/mol. The van der Waals surface area contributed by atoms with E-state index in [1.54, 1.807) is 0 Å². The summed E-state index contributed by atoms with van der Waals surface area (Å²) in [6, 6.07) is 10.6. The van der Waals surface area contributed by atoms with Crippen LogP contribution in [0.1, 0.15) is 31.5 Å². The van der Waals surface area contributed by atoms with E-state index in [-0.39, 0.29) is 0 Å². The fourth-order valence-corrected chi connectivity index (χ4v) is 2.64. The SMILES string of the molecule is Cc1ccc(-c2cnn3c(NCCC(C)C)cc(C)nc23)cc1. The number of benzene rings is 1. The Bertz CT molecular complexity index is 800. The van der Waals surface area contributed by atoms with Gasteiger partial charge in [-0.15, -0.1) is 0 Å². The van der Waals surface area contributed by atoms with Crippen LogP contribution in [0.2, 0.25) is 0 Å². The summed E-state index contributed by atoms with van der Waals surface area (Å²) in [4.78, 5) is 4.70. The van der Waals surface area contributed by atoms with E-state index in [1.165, 1.54) is 5.56 Å². The molecule has 0 fully saturated rings. The van der Waals surface area contributed by atoms with Gasteiger partial charge in [-0.1, -0.05) is 43.7 Å². The van der Waals surface area contributed by atoms with Crippen LogP contribution in [0.4, 0.5) is 5.82 Å². The number of fused-ring (bicyclic) bond motifs is 1. The molecular formula is C19H24N4. The van der Waals surface area contributed by atoms with Crippen molar-refractivity contribution in [1.29, 1.82) is 0 Å². The average molecular weight is 308 g/mol. The molecule has 1 aromatic carbocycles. The minimum Gasteiger partial charge on any atom is -0.370 e. The van der Waals surface area contributed by atoms with Gasteiger partial charge in [0, 0.05) is 23.9 Å². The molecule has 120 valence electrons. The van der Waals surface area contributed by atoms with Crippen molar-refractivity contribution in [2.75, 3.05) is 11.9 Å². The van der Waals surface area contributed by atoms with E-state index in [4.69, 9.17) is 4.98 Å². The van der Waals surface area contributed by atoms with E-state index < -0.39 is 0 Å². The maximum atomic E-state index is 4.70. The van der Waals surface area contributed by atoms with Gasteiger partial charge in [0.05, 0.1) is 6.20 Å². The largest absolute Gasteiger partial charge is 0.370 e. The van der Waals surface area contributed by atoms with Crippen LogP contribution >= 0.6 is 0 Å². The van der Waals surface area contributed by atoms with Gasteiger partial charge in [0.2, 0.25) is 0 Å². The molecule has 23 heavy (non-hydrogen) atoms. The molecule has 4 nitrogen and oxygen atoms in total. The molecule has 0 amide bonds. The van der Waals surface area contributed by atoms with E-state index in [0.717, 1.165) is 41.3 Å². The van der Waals surface area contributed by atoms with Crippen LogP contribution in [0, 0.1) is 19.8 Å². The van der Waals surface area contributed by atoms with E-state index >= 15 is 0 Å². The van der Waals surface area contributed by atoms with Crippen molar-refractivity contribution in [2.24, 2.45) is 5.92 Å². The van der Waals surface area contributed by atoms with Gasteiger partial charge >= 0.3 is 0 Å². The molecule has 0 saturated heterocycles. The standard InChI is InChI=1S/C19H24N4/c1-13(2)9-10-20-18-11-15(4)22-19-17(12-21-23(18)19)16-7-5-14(3)6-8-16/h5-8,11-13,20H,9-10H2,1-4H3. The van der Waals surface area contributed by atoms with Crippen molar-refractivity contribution < 1.29 is 0 Å². The second-order valence-electron chi connectivity index (χ2n) is 6.55. The van der Waals surface area contributed by atoms with Crippen LogP contribution in [0.15, 0.2) is 36.5 Å². The minimum atomic E-state index is 0.682. The van der Waals surface area contributed by atoms with Crippen molar-refractivity contribution in [3.63, 3.8) is 0 Å². The molecule has 0 radical (unpaired) electrons. The minimum absolute atomic E-state index is 0.682. The number of nitrogens with zero attached hydrogens (tertiary/aromatic N) is 3. The lowest BCUT2D eigenvalue weighted by Gasteiger charge is -2.11. The molecule has 1 N–H and O–H groups in total. The summed E-state index contributed by atoms with van der Waals surface area (Å²) in [6.07, 6.45) is 3.04. The summed E-state index contributed by atoms with van der Waals surface area (Å²) in [7, 11) is 0. The van der Waals surface area contributed by atoms with Gasteiger partial charge in [0.1, 0.15) is 5.82 Å². The Hall–Kier alpha value is -2.36. The molecule has 3 rings (SSSR count). The molecule has 0 aliphatic heterocycles. The van der Waals surface area contributed by atoms with Crippen molar-refractivity contribution >= 4 is 11.5 Å². The highest BCUT2D eigenvalue weighted by atomic mass is 15.3. The van der Waals surface area contributed by atoms with Gasteiger partial charge in [0.25, 0.3) is 0 Å². The number of rotatable bonds is 5. The van der Waals surface area contributed by atoms with Crippen molar-refractivity contribution in [2.45, 2.75) is 34.1 Å². The predicted octanol–water partition coefficient (Wildman–Crippen LogP) is 4.47. The number of nitrogens with one attached hydrogen (secondary N) is 1. The highest BCUT2D eigenvalue weighted by Crippen LogP contribution is 2.26. The highest BCUT2D eigenvalue weighted by molar-refractivity contribution is 5.78. The molecule has 0 spiro atoms. The zero-order chi connectivity index (χ0) is 16.4. The first-order valence-electron chi connectivity index (χ1n) is 8.21. The molecule has 0 aliphatic carbocycles. The van der Waals surface area contributed by atoms with Crippen molar-refractivity contribution in [3.05, 3.63) is 47.8 Å². The maximum Gasteiger partial charge on any atom is 0.165 e. The second-order valence-corrected chi connectivity index (χ2v) is 6.55. The van der Waals surface area contributed by atoms with E-state index in [2.05, 4.69) is 61.5 Å². The van der Waals surface area contributed by atoms with Gasteiger partial charge in [0.15, 0.2) is 5.65 Å². The summed E-state index contributed by atoms with van der Waals surface area (Å²) in [5.41, 5.74) is 5.38. The van der Waals surface area contributed by atoms with E-state index in [0.29, 0.717) is 5.92 Å². The molecule has 2 heterocycles.